The molecule has 0 heterocycles. The quantitative estimate of drug-likeness (QED) is 0.454. The van der Waals surface area contributed by atoms with Gasteiger partial charge < -0.3 is 0 Å². The van der Waals surface area contributed by atoms with Crippen LogP contribution in [0.25, 0.3) is 0 Å². The highest BCUT2D eigenvalue weighted by Gasteiger charge is 2.13. The van der Waals surface area contributed by atoms with Gasteiger partial charge in [-0.1, -0.05) is 38.0 Å². The van der Waals surface area contributed by atoms with Gasteiger partial charge in [-0.3, -0.25) is 11.3 Å². The first-order valence-electron chi connectivity index (χ1n) is 5.83. The predicted molar refractivity (Wildman–Crippen MR) is 72.5 cm³/mol. The van der Waals surface area contributed by atoms with E-state index in [9.17, 15) is 0 Å². The third-order valence-corrected chi connectivity index (χ3v) is 4.13. The molecule has 0 saturated carbocycles. The Labute approximate surface area is 103 Å². The number of rotatable bonds is 6. The topological polar surface area (TPSA) is 38.0 Å². The molecule has 2 atom stereocenters. The van der Waals surface area contributed by atoms with Crippen molar-refractivity contribution in [2.75, 3.05) is 5.75 Å². The van der Waals surface area contributed by atoms with Crippen LogP contribution in [0.4, 0.5) is 0 Å². The van der Waals surface area contributed by atoms with E-state index < -0.39 is 0 Å². The SMILES string of the molecule is CCC(C)C(CSc1ccc(C)cc1)NN. The predicted octanol–water partition coefficient (Wildman–Crippen LogP) is 2.97. The number of hydrogen-bond donors (Lipinski definition) is 2. The Kier molecular flexibility index (Phi) is 5.88. The lowest BCUT2D eigenvalue weighted by molar-refractivity contribution is 0.403. The molecule has 1 aromatic rings. The van der Waals surface area contributed by atoms with Crippen molar-refractivity contribution < 1.29 is 0 Å². The Hall–Kier alpha value is -0.510. The van der Waals surface area contributed by atoms with Crippen LogP contribution in [0.1, 0.15) is 25.8 Å². The maximum Gasteiger partial charge on any atom is 0.0330 e. The minimum atomic E-state index is 0.385. The lowest BCUT2D eigenvalue weighted by Gasteiger charge is -2.21. The monoisotopic (exact) mass is 238 g/mol. The van der Waals surface area contributed by atoms with E-state index in [0.717, 1.165) is 12.2 Å². The van der Waals surface area contributed by atoms with Gasteiger partial charge in [0.2, 0.25) is 0 Å². The van der Waals surface area contributed by atoms with Crippen LogP contribution in [0.2, 0.25) is 0 Å². The van der Waals surface area contributed by atoms with E-state index in [-0.39, 0.29) is 0 Å². The molecule has 2 unspecified atom stereocenters. The number of hydrazine groups is 1. The lowest BCUT2D eigenvalue weighted by Crippen LogP contribution is -2.41. The van der Waals surface area contributed by atoms with Crippen molar-refractivity contribution in [2.45, 2.75) is 38.1 Å². The van der Waals surface area contributed by atoms with Gasteiger partial charge >= 0.3 is 0 Å². The van der Waals surface area contributed by atoms with Crippen LogP contribution < -0.4 is 11.3 Å². The first-order valence-corrected chi connectivity index (χ1v) is 6.81. The molecule has 2 nitrogen and oxygen atoms in total. The molecule has 0 spiro atoms. The van der Waals surface area contributed by atoms with Gasteiger partial charge in [0.15, 0.2) is 0 Å². The zero-order valence-electron chi connectivity index (χ0n) is 10.4. The number of hydrogen-bond acceptors (Lipinski definition) is 3. The lowest BCUT2D eigenvalue weighted by atomic mass is 10.0. The summed E-state index contributed by atoms with van der Waals surface area (Å²) in [5, 5.41) is 0. The van der Waals surface area contributed by atoms with Crippen molar-refractivity contribution in [2.24, 2.45) is 11.8 Å². The van der Waals surface area contributed by atoms with E-state index in [4.69, 9.17) is 5.84 Å². The molecule has 0 aromatic heterocycles. The van der Waals surface area contributed by atoms with Crippen LogP contribution in [0, 0.1) is 12.8 Å². The normalized spacial score (nSPS) is 14.8. The summed E-state index contributed by atoms with van der Waals surface area (Å²) in [7, 11) is 0. The summed E-state index contributed by atoms with van der Waals surface area (Å²) in [6.07, 6.45) is 1.16. The maximum absolute atomic E-state index is 5.57. The number of aryl methyl sites for hydroxylation is 1. The number of benzene rings is 1. The fraction of sp³-hybridized carbons (Fsp3) is 0.538. The highest BCUT2D eigenvalue weighted by atomic mass is 32.2. The zero-order chi connectivity index (χ0) is 12.0. The van der Waals surface area contributed by atoms with E-state index in [0.29, 0.717) is 12.0 Å². The second kappa shape index (κ2) is 6.94. The van der Waals surface area contributed by atoms with Crippen molar-refractivity contribution in [3.8, 4) is 0 Å². The molecule has 1 aromatic carbocycles. The van der Waals surface area contributed by atoms with Crippen LogP contribution in [-0.4, -0.2) is 11.8 Å². The molecule has 0 aliphatic carbocycles. The summed E-state index contributed by atoms with van der Waals surface area (Å²) in [6.45, 7) is 6.55. The van der Waals surface area contributed by atoms with Crippen LogP contribution in [0.3, 0.4) is 0 Å². The average molecular weight is 238 g/mol. The summed E-state index contributed by atoms with van der Waals surface area (Å²) in [6, 6.07) is 9.03. The smallest absolute Gasteiger partial charge is 0.0330 e. The molecule has 3 N–H and O–H groups in total. The fourth-order valence-corrected chi connectivity index (χ4v) is 2.61. The van der Waals surface area contributed by atoms with E-state index in [1.54, 1.807) is 0 Å². The molecular formula is C13H22N2S. The van der Waals surface area contributed by atoms with Crippen molar-refractivity contribution in [1.82, 2.24) is 5.43 Å². The molecule has 0 radical (unpaired) electrons. The minimum Gasteiger partial charge on any atom is -0.271 e. The fourth-order valence-electron chi connectivity index (χ4n) is 1.48. The third-order valence-electron chi connectivity index (χ3n) is 3.00. The van der Waals surface area contributed by atoms with E-state index in [2.05, 4.69) is 50.5 Å². The second-order valence-corrected chi connectivity index (χ2v) is 5.38. The molecule has 0 saturated heterocycles. The van der Waals surface area contributed by atoms with Gasteiger partial charge in [0.05, 0.1) is 0 Å². The highest BCUT2D eigenvalue weighted by Crippen LogP contribution is 2.21. The van der Waals surface area contributed by atoms with Gasteiger partial charge in [-0.05, 0) is 25.0 Å². The summed E-state index contributed by atoms with van der Waals surface area (Å²) < 4.78 is 0. The minimum absolute atomic E-state index is 0.385. The zero-order valence-corrected chi connectivity index (χ0v) is 11.2. The molecule has 0 aliphatic heterocycles. The number of thioether (sulfide) groups is 1. The van der Waals surface area contributed by atoms with Crippen molar-refractivity contribution in [1.29, 1.82) is 0 Å². The van der Waals surface area contributed by atoms with Crippen molar-refractivity contribution >= 4 is 11.8 Å². The maximum atomic E-state index is 5.57. The summed E-state index contributed by atoms with van der Waals surface area (Å²) >= 11 is 1.86. The Bertz CT molecular complexity index is 297. The first kappa shape index (κ1) is 13.6. The van der Waals surface area contributed by atoms with E-state index in [1.165, 1.54) is 10.5 Å². The molecule has 90 valence electrons. The van der Waals surface area contributed by atoms with Gasteiger partial charge in [0.25, 0.3) is 0 Å². The third kappa shape index (κ3) is 4.16. The van der Waals surface area contributed by atoms with Crippen molar-refractivity contribution in [3.05, 3.63) is 29.8 Å². The number of nitrogens with one attached hydrogen (secondary N) is 1. The molecule has 3 heteroatoms. The van der Waals surface area contributed by atoms with Crippen LogP contribution in [0.5, 0.6) is 0 Å². The molecule has 0 amide bonds. The summed E-state index contributed by atoms with van der Waals surface area (Å²) in [5.74, 6) is 7.21. The van der Waals surface area contributed by atoms with Crippen molar-refractivity contribution in [3.63, 3.8) is 0 Å². The van der Waals surface area contributed by atoms with Crippen LogP contribution in [-0.2, 0) is 0 Å². The van der Waals surface area contributed by atoms with Gasteiger partial charge in [0.1, 0.15) is 0 Å². The molecule has 0 bridgehead atoms. The molecule has 16 heavy (non-hydrogen) atoms. The largest absolute Gasteiger partial charge is 0.271 e. The number of nitrogens with two attached hydrogens (primary N) is 1. The Balaban J connectivity index is 2.46. The molecular weight excluding hydrogens is 216 g/mol. The Morgan fingerprint density at radius 1 is 1.31 bits per heavy atom. The van der Waals surface area contributed by atoms with Crippen LogP contribution >= 0.6 is 11.8 Å². The van der Waals surface area contributed by atoms with Gasteiger partial charge in [-0.2, -0.15) is 0 Å². The standard InChI is InChI=1S/C13H22N2S/c1-4-11(3)13(15-14)9-16-12-7-5-10(2)6-8-12/h5-8,11,13,15H,4,9,14H2,1-3H3. The molecule has 0 fully saturated rings. The second-order valence-electron chi connectivity index (χ2n) is 4.28. The highest BCUT2D eigenvalue weighted by molar-refractivity contribution is 7.99. The summed E-state index contributed by atoms with van der Waals surface area (Å²) in [5.41, 5.74) is 4.22. The molecule has 1 rings (SSSR count). The van der Waals surface area contributed by atoms with Gasteiger partial charge in [-0.15, -0.1) is 11.8 Å². The molecule has 0 aliphatic rings. The van der Waals surface area contributed by atoms with E-state index in [1.807, 2.05) is 11.8 Å². The summed E-state index contributed by atoms with van der Waals surface area (Å²) in [4.78, 5) is 1.31. The van der Waals surface area contributed by atoms with Gasteiger partial charge in [0, 0.05) is 16.7 Å². The van der Waals surface area contributed by atoms with Gasteiger partial charge in [-0.25, -0.2) is 0 Å². The van der Waals surface area contributed by atoms with E-state index >= 15 is 0 Å². The first-order chi connectivity index (χ1) is 7.67. The van der Waals surface area contributed by atoms with Crippen LogP contribution in [0.15, 0.2) is 29.2 Å². The Morgan fingerprint density at radius 3 is 2.44 bits per heavy atom. The Morgan fingerprint density at radius 2 is 1.94 bits per heavy atom. The average Bonchev–Trinajstić information content (AvgIpc) is 2.31.